The number of carboxylic acid groups (broad SMARTS) is 1. The Morgan fingerprint density at radius 3 is 2.41 bits per heavy atom. The first-order valence-electron chi connectivity index (χ1n) is 7.17. The van der Waals surface area contributed by atoms with Gasteiger partial charge in [0.15, 0.2) is 0 Å². The van der Waals surface area contributed by atoms with Gasteiger partial charge in [-0.25, -0.2) is 0 Å². The lowest BCUT2D eigenvalue weighted by atomic mass is 9.98. The van der Waals surface area contributed by atoms with Crippen LogP contribution >= 0.6 is 12.6 Å². The number of rotatable bonds is 11. The zero-order valence-corrected chi connectivity index (χ0v) is 13.9. The van der Waals surface area contributed by atoms with E-state index in [0.29, 0.717) is 18.7 Å². The Bertz CT molecular complexity index is 381. The zero-order chi connectivity index (χ0) is 17.1. The predicted molar refractivity (Wildman–Crippen MR) is 86.7 cm³/mol. The molecule has 0 saturated carbocycles. The van der Waals surface area contributed by atoms with Gasteiger partial charge in [-0.3, -0.25) is 14.4 Å². The minimum atomic E-state index is -1.13. The van der Waals surface area contributed by atoms with Crippen LogP contribution in [-0.4, -0.2) is 60.4 Å². The molecule has 22 heavy (non-hydrogen) atoms. The first-order chi connectivity index (χ1) is 10.3. The monoisotopic (exact) mass is 334 g/mol. The Balaban J connectivity index is 4.42. The second-order valence-electron chi connectivity index (χ2n) is 5.12. The number of nitrogens with two attached hydrogens (primary N) is 1. The van der Waals surface area contributed by atoms with Crippen molar-refractivity contribution in [2.45, 2.75) is 32.4 Å². The van der Waals surface area contributed by atoms with Crippen LogP contribution in [0.3, 0.4) is 0 Å². The van der Waals surface area contributed by atoms with Gasteiger partial charge in [-0.15, -0.1) is 0 Å². The van der Waals surface area contributed by atoms with E-state index in [0.717, 1.165) is 0 Å². The van der Waals surface area contributed by atoms with Gasteiger partial charge in [0.05, 0.1) is 6.54 Å². The van der Waals surface area contributed by atoms with Crippen LogP contribution in [-0.2, 0) is 14.4 Å². The van der Waals surface area contributed by atoms with Crippen molar-refractivity contribution in [1.82, 2.24) is 16.0 Å². The highest BCUT2D eigenvalue weighted by Gasteiger charge is 2.25. The largest absolute Gasteiger partial charge is 0.480 e. The standard InChI is InChI=1S/C13H26N4O4S/c1-3-8(2)12(13(21)16-6-11(19)20)17-10(18)5-15-4-9(14)7-22/h8-9,12,15,22H,3-7,14H2,1-2H3,(H,16,21)(H,17,18)(H,19,20)/t8?,9-,12?/m1/s1. The first kappa shape index (κ1) is 20.7. The maximum atomic E-state index is 12.0. The molecule has 0 radical (unpaired) electrons. The van der Waals surface area contributed by atoms with Gasteiger partial charge < -0.3 is 26.8 Å². The zero-order valence-electron chi connectivity index (χ0n) is 13.0. The Labute approximate surface area is 136 Å². The summed E-state index contributed by atoms with van der Waals surface area (Å²) in [5.41, 5.74) is 5.66. The third-order valence-corrected chi connectivity index (χ3v) is 3.62. The van der Waals surface area contributed by atoms with E-state index < -0.39 is 24.5 Å². The Morgan fingerprint density at radius 1 is 1.27 bits per heavy atom. The van der Waals surface area contributed by atoms with Crippen molar-refractivity contribution in [3.05, 3.63) is 0 Å². The summed E-state index contributed by atoms with van der Waals surface area (Å²) in [7, 11) is 0. The molecule has 0 spiro atoms. The second kappa shape index (κ2) is 11.3. The van der Waals surface area contributed by atoms with E-state index in [1.54, 1.807) is 0 Å². The molecule has 0 fully saturated rings. The summed E-state index contributed by atoms with van der Waals surface area (Å²) in [4.78, 5) is 34.3. The Hall–Kier alpha value is -1.32. The van der Waals surface area contributed by atoms with Gasteiger partial charge in [0.25, 0.3) is 0 Å². The van der Waals surface area contributed by atoms with Crippen LogP contribution in [0.25, 0.3) is 0 Å². The van der Waals surface area contributed by atoms with E-state index in [1.807, 2.05) is 13.8 Å². The maximum Gasteiger partial charge on any atom is 0.322 e. The summed E-state index contributed by atoms with van der Waals surface area (Å²) in [6, 6.07) is -0.919. The average molecular weight is 334 g/mol. The number of carbonyl (C=O) groups is 3. The topological polar surface area (TPSA) is 134 Å². The van der Waals surface area contributed by atoms with Crippen molar-refractivity contribution in [2.24, 2.45) is 11.7 Å². The molecule has 6 N–H and O–H groups in total. The van der Waals surface area contributed by atoms with Crippen LogP contribution in [0.1, 0.15) is 20.3 Å². The molecule has 3 atom stereocenters. The molecule has 0 aliphatic rings. The number of amides is 2. The fraction of sp³-hybridized carbons (Fsp3) is 0.769. The van der Waals surface area contributed by atoms with Gasteiger partial charge in [-0.2, -0.15) is 12.6 Å². The van der Waals surface area contributed by atoms with E-state index in [9.17, 15) is 14.4 Å². The Morgan fingerprint density at radius 2 is 1.91 bits per heavy atom. The van der Waals surface area contributed by atoms with Crippen molar-refractivity contribution in [2.75, 3.05) is 25.4 Å². The molecule has 0 saturated heterocycles. The highest BCUT2D eigenvalue weighted by atomic mass is 32.1. The number of hydrogen-bond acceptors (Lipinski definition) is 6. The van der Waals surface area contributed by atoms with E-state index >= 15 is 0 Å². The highest BCUT2D eigenvalue weighted by molar-refractivity contribution is 7.80. The van der Waals surface area contributed by atoms with Gasteiger partial charge >= 0.3 is 5.97 Å². The molecule has 0 rings (SSSR count). The molecule has 0 aromatic rings. The molecule has 0 aromatic carbocycles. The lowest BCUT2D eigenvalue weighted by Crippen LogP contribution is -2.53. The quantitative estimate of drug-likeness (QED) is 0.257. The molecule has 9 heteroatoms. The summed E-state index contributed by atoms with van der Waals surface area (Å²) in [6.07, 6.45) is 0.670. The second-order valence-corrected chi connectivity index (χ2v) is 5.48. The van der Waals surface area contributed by atoms with E-state index in [-0.39, 0.29) is 24.4 Å². The molecular formula is C13H26N4O4S. The lowest BCUT2D eigenvalue weighted by Gasteiger charge is -2.23. The smallest absolute Gasteiger partial charge is 0.322 e. The van der Waals surface area contributed by atoms with Crippen LogP contribution < -0.4 is 21.7 Å². The SMILES string of the molecule is CCC(C)C(NC(=O)CNC[C@@H](N)CS)C(=O)NCC(=O)O. The van der Waals surface area contributed by atoms with Crippen LogP contribution in [0.15, 0.2) is 0 Å². The molecule has 0 heterocycles. The van der Waals surface area contributed by atoms with E-state index in [1.165, 1.54) is 0 Å². The van der Waals surface area contributed by atoms with E-state index in [4.69, 9.17) is 10.8 Å². The number of carbonyl (C=O) groups excluding carboxylic acids is 2. The summed E-state index contributed by atoms with van der Waals surface area (Å²) in [5.74, 6) is -1.59. The molecule has 2 unspecified atom stereocenters. The molecule has 128 valence electrons. The highest BCUT2D eigenvalue weighted by Crippen LogP contribution is 2.07. The van der Waals surface area contributed by atoms with Gasteiger partial charge in [0, 0.05) is 18.3 Å². The van der Waals surface area contributed by atoms with E-state index in [2.05, 4.69) is 28.6 Å². The number of thiol groups is 1. The van der Waals surface area contributed by atoms with Crippen LogP contribution in [0.2, 0.25) is 0 Å². The third kappa shape index (κ3) is 8.85. The summed E-state index contributed by atoms with van der Waals surface area (Å²) in [5, 5.41) is 16.4. The normalized spacial score (nSPS) is 14.7. The van der Waals surface area contributed by atoms with Crippen molar-refractivity contribution < 1.29 is 19.5 Å². The number of aliphatic carboxylic acids is 1. The summed E-state index contributed by atoms with van der Waals surface area (Å²) >= 11 is 4.04. The van der Waals surface area contributed by atoms with Crippen LogP contribution in [0.5, 0.6) is 0 Å². The van der Waals surface area contributed by atoms with Crippen molar-refractivity contribution >= 4 is 30.4 Å². The molecule has 8 nitrogen and oxygen atoms in total. The van der Waals surface area contributed by atoms with Gasteiger partial charge in [-0.05, 0) is 5.92 Å². The number of nitrogens with one attached hydrogen (secondary N) is 3. The predicted octanol–water partition coefficient (Wildman–Crippen LogP) is -1.44. The lowest BCUT2D eigenvalue weighted by molar-refractivity contribution is -0.138. The molecule has 2 amide bonds. The maximum absolute atomic E-state index is 12.0. The number of carboxylic acids is 1. The fourth-order valence-electron chi connectivity index (χ4n) is 1.63. The molecular weight excluding hydrogens is 308 g/mol. The molecule has 0 aromatic heterocycles. The van der Waals surface area contributed by atoms with Gasteiger partial charge in [0.1, 0.15) is 12.6 Å². The van der Waals surface area contributed by atoms with Crippen molar-refractivity contribution in [1.29, 1.82) is 0 Å². The van der Waals surface area contributed by atoms with Crippen molar-refractivity contribution in [3.63, 3.8) is 0 Å². The minimum absolute atomic E-state index is 0.0284. The first-order valence-corrected chi connectivity index (χ1v) is 7.81. The molecule has 0 aliphatic carbocycles. The van der Waals surface area contributed by atoms with Gasteiger partial charge in [-0.1, -0.05) is 20.3 Å². The minimum Gasteiger partial charge on any atom is -0.480 e. The summed E-state index contributed by atoms with van der Waals surface area (Å²) in [6.45, 7) is 3.70. The van der Waals surface area contributed by atoms with Crippen LogP contribution in [0, 0.1) is 5.92 Å². The third-order valence-electron chi connectivity index (χ3n) is 3.15. The average Bonchev–Trinajstić information content (AvgIpc) is 2.49. The fourth-order valence-corrected chi connectivity index (χ4v) is 1.76. The molecule has 0 bridgehead atoms. The molecule has 0 aliphatic heterocycles. The number of hydrogen-bond donors (Lipinski definition) is 6. The van der Waals surface area contributed by atoms with Crippen molar-refractivity contribution in [3.8, 4) is 0 Å². The Kier molecular flexibility index (Phi) is 10.6. The summed E-state index contributed by atoms with van der Waals surface area (Å²) < 4.78 is 0. The van der Waals surface area contributed by atoms with Gasteiger partial charge in [0.2, 0.25) is 11.8 Å². The van der Waals surface area contributed by atoms with Crippen LogP contribution in [0.4, 0.5) is 0 Å².